The van der Waals surface area contributed by atoms with Gasteiger partial charge in [-0.1, -0.05) is 155 Å². The third-order valence-corrected chi connectivity index (χ3v) is 11.0. The van der Waals surface area contributed by atoms with E-state index in [1.54, 1.807) is 12.4 Å². The molecule has 0 radical (unpaired) electrons. The van der Waals surface area contributed by atoms with Crippen LogP contribution in [0.25, 0.3) is 0 Å². The van der Waals surface area contributed by atoms with Crippen molar-refractivity contribution in [3.05, 3.63) is 118 Å². The fraction of sp³-hybridized carbons (Fsp3) is 0.435. The number of para-hydroxylation sites is 2. The van der Waals surface area contributed by atoms with Gasteiger partial charge in [-0.15, -0.1) is 0 Å². The van der Waals surface area contributed by atoms with Gasteiger partial charge in [-0.3, -0.25) is 9.98 Å². The first-order valence-electron chi connectivity index (χ1n) is 18.3. The molecule has 7 heteroatoms. The molecule has 0 aromatic heterocycles. The summed E-state index contributed by atoms with van der Waals surface area (Å²) in [6.07, 6.45) is 7.34. The average Bonchev–Trinajstić information content (AvgIpc) is 3.11. The minimum Gasteiger partial charge on any atom is -1.00 e. The summed E-state index contributed by atoms with van der Waals surface area (Å²) in [6, 6.07) is 27.8. The monoisotopic (exact) mass is 790 g/mol. The Morgan fingerprint density at radius 2 is 0.755 bits per heavy atom. The first kappa shape index (κ1) is 50.1. The second-order valence-corrected chi connectivity index (χ2v) is 16.0. The number of hydrogen-bond donors (Lipinski definition) is 0. The smallest absolute Gasteiger partial charge is 1.00 e. The van der Waals surface area contributed by atoms with E-state index < -0.39 is 0 Å². The Labute approximate surface area is 348 Å². The third-order valence-electron chi connectivity index (χ3n) is 11.0. The fourth-order valence-electron chi connectivity index (χ4n) is 5.39. The maximum atomic E-state index is 13.1. The summed E-state index contributed by atoms with van der Waals surface area (Å²) in [6.45, 7) is 26.1. The molecule has 4 aromatic carbocycles. The van der Waals surface area contributed by atoms with E-state index in [-0.39, 0.29) is 79.7 Å². The molecule has 0 saturated heterocycles. The number of hydrogen-bond acceptors (Lipinski definition) is 4. The maximum absolute atomic E-state index is 13.1. The van der Waals surface area contributed by atoms with Gasteiger partial charge in [-0.25, -0.2) is 0 Å². The van der Waals surface area contributed by atoms with Gasteiger partial charge < -0.3 is 35.0 Å². The molecule has 0 spiro atoms. The first-order valence-corrected chi connectivity index (χ1v) is 18.3. The molecule has 0 bridgehead atoms. The van der Waals surface area contributed by atoms with Crippen molar-refractivity contribution < 1.29 is 56.7 Å². The summed E-state index contributed by atoms with van der Waals surface area (Å²) in [5.74, 6) is 0.198. The van der Waals surface area contributed by atoms with Crippen molar-refractivity contribution in [1.82, 2.24) is 0 Å². The van der Waals surface area contributed by atoms with Crippen LogP contribution in [0, 0.1) is 0 Å². The van der Waals surface area contributed by atoms with E-state index >= 15 is 0 Å². The minimum atomic E-state index is -0.147. The second-order valence-electron chi connectivity index (χ2n) is 16.0. The van der Waals surface area contributed by atoms with Crippen molar-refractivity contribution in [3.8, 4) is 11.5 Å². The summed E-state index contributed by atoms with van der Waals surface area (Å²) in [5.41, 5.74) is 7.05. The standard InChI is InChI=1S/2C23H31NO.2ClH.Ti/c2*1-7-22(3,4)18-14-17(16-24-19-12-10-9-11-13-19)21(25)20(15-18)23(5,6)8-2;;;/h2*9-16,25H,7-8H2,1-6H3;2*1H;/q;;;;+4/p-4. The van der Waals surface area contributed by atoms with E-state index in [2.05, 4.69) is 105 Å². The Balaban J connectivity index is 0.000000966. The Hall–Kier alpha value is -2.89. The molecule has 0 heterocycles. The first-order chi connectivity index (χ1) is 23.4. The molecule has 0 unspecified atom stereocenters. The quantitative estimate of drug-likeness (QED) is 0.135. The molecule has 0 N–H and O–H groups in total. The van der Waals surface area contributed by atoms with Crippen molar-refractivity contribution in [2.45, 2.75) is 130 Å². The van der Waals surface area contributed by atoms with Crippen LogP contribution in [-0.4, -0.2) is 12.4 Å². The van der Waals surface area contributed by atoms with Crippen LogP contribution < -0.4 is 35.0 Å². The Morgan fingerprint density at radius 1 is 0.472 bits per heavy atom. The van der Waals surface area contributed by atoms with Crippen LogP contribution in [0.1, 0.15) is 142 Å². The van der Waals surface area contributed by atoms with E-state index in [1.165, 1.54) is 11.1 Å². The molecule has 0 atom stereocenters. The number of benzene rings is 4. The average molecular weight is 792 g/mol. The van der Waals surface area contributed by atoms with E-state index in [1.807, 2.05) is 72.8 Å². The third kappa shape index (κ3) is 13.1. The van der Waals surface area contributed by atoms with Crippen molar-refractivity contribution in [3.63, 3.8) is 0 Å². The predicted molar refractivity (Wildman–Crippen MR) is 212 cm³/mol. The van der Waals surface area contributed by atoms with Gasteiger partial charge in [0.2, 0.25) is 0 Å². The molecule has 4 rings (SSSR count). The van der Waals surface area contributed by atoms with Gasteiger partial charge in [0, 0.05) is 12.4 Å². The zero-order valence-electron chi connectivity index (χ0n) is 34.0. The Morgan fingerprint density at radius 3 is 1.02 bits per heavy atom. The normalized spacial score (nSPS) is 12.0. The number of rotatable bonds is 12. The maximum Gasteiger partial charge on any atom is 4.00 e. The number of halogens is 2. The number of aliphatic imine (C=N–C) groups is 2. The summed E-state index contributed by atoms with van der Waals surface area (Å²) in [5, 5.41) is 26.1. The molecule has 0 saturated carbocycles. The van der Waals surface area contributed by atoms with Gasteiger partial charge in [-0.2, -0.15) is 0 Å². The molecule has 0 aliphatic heterocycles. The number of nitrogens with zero attached hydrogens (tertiary/aromatic N) is 2. The van der Waals surface area contributed by atoms with Gasteiger partial charge in [0.05, 0.1) is 11.4 Å². The van der Waals surface area contributed by atoms with Crippen LogP contribution in [0.15, 0.2) is 94.9 Å². The van der Waals surface area contributed by atoms with Crippen LogP contribution in [0.3, 0.4) is 0 Å². The molecular formula is C46H60Cl2N2O2Ti. The van der Waals surface area contributed by atoms with Crippen LogP contribution in [-0.2, 0) is 43.4 Å². The van der Waals surface area contributed by atoms with Crippen molar-refractivity contribution in [2.75, 3.05) is 0 Å². The van der Waals surface area contributed by atoms with Crippen molar-refractivity contribution >= 4 is 23.8 Å². The molecule has 0 aliphatic carbocycles. The minimum absolute atomic E-state index is 0. The van der Waals surface area contributed by atoms with Crippen LogP contribution >= 0.6 is 0 Å². The summed E-state index contributed by atoms with van der Waals surface area (Å²) in [4.78, 5) is 9.02. The van der Waals surface area contributed by atoms with Crippen LogP contribution in [0.4, 0.5) is 11.4 Å². The van der Waals surface area contributed by atoms with Gasteiger partial charge in [0.25, 0.3) is 0 Å². The fourth-order valence-corrected chi connectivity index (χ4v) is 5.39. The van der Waals surface area contributed by atoms with E-state index in [0.29, 0.717) is 11.1 Å². The van der Waals surface area contributed by atoms with Crippen molar-refractivity contribution in [2.24, 2.45) is 9.98 Å². The zero-order chi connectivity index (χ0) is 37.3. The molecule has 4 nitrogen and oxygen atoms in total. The van der Waals surface area contributed by atoms with Gasteiger partial charge in [-0.05, 0) is 105 Å². The molecule has 4 aromatic rings. The van der Waals surface area contributed by atoms with E-state index in [9.17, 15) is 10.2 Å². The van der Waals surface area contributed by atoms with E-state index in [0.717, 1.165) is 48.2 Å². The molecule has 0 amide bonds. The molecule has 284 valence electrons. The van der Waals surface area contributed by atoms with Gasteiger partial charge >= 0.3 is 21.7 Å². The van der Waals surface area contributed by atoms with Crippen LogP contribution in [0.2, 0.25) is 0 Å². The predicted octanol–water partition coefficient (Wildman–Crippen LogP) is 5.78. The molecule has 53 heavy (non-hydrogen) atoms. The summed E-state index contributed by atoms with van der Waals surface area (Å²) < 4.78 is 0. The largest absolute Gasteiger partial charge is 4.00 e. The van der Waals surface area contributed by atoms with E-state index in [4.69, 9.17) is 0 Å². The van der Waals surface area contributed by atoms with Gasteiger partial charge in [0.15, 0.2) is 0 Å². The Kier molecular flexibility index (Phi) is 20.1. The zero-order valence-corrected chi connectivity index (χ0v) is 37.1. The van der Waals surface area contributed by atoms with Crippen LogP contribution in [0.5, 0.6) is 11.5 Å². The summed E-state index contributed by atoms with van der Waals surface area (Å²) >= 11 is 0. The summed E-state index contributed by atoms with van der Waals surface area (Å²) in [7, 11) is 0. The second kappa shape index (κ2) is 21.3. The van der Waals surface area contributed by atoms with Crippen molar-refractivity contribution in [1.29, 1.82) is 0 Å². The Bertz CT molecular complexity index is 1630. The van der Waals surface area contributed by atoms with Gasteiger partial charge in [0.1, 0.15) is 0 Å². The topological polar surface area (TPSA) is 70.8 Å². The molecular weight excluding hydrogens is 731 g/mol. The molecule has 0 fully saturated rings. The molecule has 0 aliphatic rings. The SMILES string of the molecule is CCC(C)(C)c1cc(C=Nc2ccccc2)c([O-])c(C(C)(C)CC)c1.CCC(C)(C)c1cc(C=Nc2ccccc2)c([O-])c(C(C)(C)CC)c1.[Cl-].[Cl-].[Ti+4].